The molecule has 0 aliphatic carbocycles. The van der Waals surface area contributed by atoms with Crippen molar-refractivity contribution in [3.05, 3.63) is 35.4 Å². The Bertz CT molecular complexity index is 297. The summed E-state index contributed by atoms with van der Waals surface area (Å²) in [5, 5.41) is 0. The molecule has 2 heteroatoms. The first-order valence-corrected chi connectivity index (χ1v) is 4.85. The Morgan fingerprint density at radius 2 is 1.93 bits per heavy atom. The second kappa shape index (κ2) is 4.07. The average Bonchev–Trinajstić information content (AvgIpc) is 2.01. The van der Waals surface area contributed by atoms with Crippen LogP contribution < -0.4 is 0 Å². The number of halogens is 2. The first-order chi connectivity index (χ1) is 6.38. The fraction of sp³-hybridized carbons (Fsp3) is 0.500. The summed E-state index contributed by atoms with van der Waals surface area (Å²) in [5.41, 5.74) is 1.83. The van der Waals surface area contributed by atoms with Crippen molar-refractivity contribution in [2.24, 2.45) is 0 Å². The van der Waals surface area contributed by atoms with Crippen LogP contribution >= 0.6 is 0 Å². The third-order valence-electron chi connectivity index (χ3n) is 2.13. The Kier molecular flexibility index (Phi) is 3.25. The zero-order chi connectivity index (χ0) is 10.8. The molecule has 0 fully saturated rings. The molecular weight excluding hydrogens is 182 g/mol. The summed E-state index contributed by atoms with van der Waals surface area (Å²) in [4.78, 5) is 0. The van der Waals surface area contributed by atoms with Crippen molar-refractivity contribution >= 4 is 0 Å². The van der Waals surface area contributed by atoms with Crippen LogP contribution in [-0.2, 0) is 6.42 Å². The van der Waals surface area contributed by atoms with Crippen LogP contribution in [0.3, 0.4) is 0 Å². The van der Waals surface area contributed by atoms with Gasteiger partial charge in [0.2, 0.25) is 5.92 Å². The van der Waals surface area contributed by atoms with Crippen LogP contribution in [0.25, 0.3) is 0 Å². The van der Waals surface area contributed by atoms with Crippen LogP contribution in [-0.4, -0.2) is 5.92 Å². The fourth-order valence-electron chi connectivity index (χ4n) is 1.42. The van der Waals surface area contributed by atoms with E-state index in [1.807, 2.05) is 18.2 Å². The van der Waals surface area contributed by atoms with Gasteiger partial charge in [-0.15, -0.1) is 0 Å². The maximum atomic E-state index is 12.7. The van der Waals surface area contributed by atoms with E-state index in [0.717, 1.165) is 12.5 Å². The van der Waals surface area contributed by atoms with Crippen molar-refractivity contribution in [1.29, 1.82) is 0 Å². The van der Waals surface area contributed by atoms with E-state index in [-0.39, 0.29) is 6.42 Å². The van der Waals surface area contributed by atoms with Gasteiger partial charge in [-0.2, -0.15) is 0 Å². The lowest BCUT2D eigenvalue weighted by Gasteiger charge is -2.12. The van der Waals surface area contributed by atoms with Gasteiger partial charge in [-0.05, 0) is 24.0 Å². The lowest BCUT2D eigenvalue weighted by molar-refractivity contribution is 0.0226. The molecular formula is C12H16F2. The van der Waals surface area contributed by atoms with E-state index in [2.05, 4.69) is 13.8 Å². The van der Waals surface area contributed by atoms with Gasteiger partial charge in [0, 0.05) is 6.42 Å². The molecule has 0 atom stereocenters. The van der Waals surface area contributed by atoms with E-state index >= 15 is 0 Å². The number of benzene rings is 1. The van der Waals surface area contributed by atoms with E-state index in [1.165, 1.54) is 0 Å². The highest BCUT2D eigenvalue weighted by Crippen LogP contribution is 2.22. The number of hydrogen-bond acceptors (Lipinski definition) is 0. The van der Waals surface area contributed by atoms with Gasteiger partial charge in [0.1, 0.15) is 0 Å². The van der Waals surface area contributed by atoms with Crippen LogP contribution in [0.2, 0.25) is 0 Å². The lowest BCUT2D eigenvalue weighted by Crippen LogP contribution is -2.13. The van der Waals surface area contributed by atoms with Crippen LogP contribution in [0.15, 0.2) is 24.3 Å². The molecule has 1 aromatic rings. The number of alkyl halides is 2. The van der Waals surface area contributed by atoms with Gasteiger partial charge in [-0.25, -0.2) is 8.78 Å². The molecule has 78 valence electrons. The molecule has 0 unspecified atom stereocenters. The molecule has 0 heterocycles. The Labute approximate surface area is 84.0 Å². The molecule has 0 saturated carbocycles. The van der Waals surface area contributed by atoms with Gasteiger partial charge in [0.15, 0.2) is 0 Å². The summed E-state index contributed by atoms with van der Waals surface area (Å²) in [5.74, 6) is -2.23. The Hall–Kier alpha value is -0.920. The smallest absolute Gasteiger partial charge is 0.207 e. The average molecular weight is 198 g/mol. The van der Waals surface area contributed by atoms with Gasteiger partial charge in [-0.3, -0.25) is 0 Å². The first kappa shape index (κ1) is 11.2. The zero-order valence-electron chi connectivity index (χ0n) is 8.85. The third kappa shape index (κ3) is 3.44. The molecule has 0 spiro atoms. The summed E-state index contributed by atoms with van der Waals surface area (Å²) in [6.07, 6.45) is -0.173. The topological polar surface area (TPSA) is 0 Å². The van der Waals surface area contributed by atoms with Crippen LogP contribution in [0.1, 0.15) is 37.8 Å². The van der Waals surface area contributed by atoms with Crippen molar-refractivity contribution in [3.8, 4) is 0 Å². The SMILES string of the molecule is CC(C)c1cccc(CC(C)(F)F)c1. The highest BCUT2D eigenvalue weighted by atomic mass is 19.3. The number of rotatable bonds is 3. The van der Waals surface area contributed by atoms with Crippen molar-refractivity contribution in [1.82, 2.24) is 0 Å². The maximum absolute atomic E-state index is 12.7. The molecule has 1 aromatic carbocycles. The molecule has 14 heavy (non-hydrogen) atoms. The predicted molar refractivity (Wildman–Crippen MR) is 54.9 cm³/mol. The summed E-state index contributed by atoms with van der Waals surface area (Å²) < 4.78 is 25.5. The van der Waals surface area contributed by atoms with E-state index in [9.17, 15) is 8.78 Å². The van der Waals surface area contributed by atoms with E-state index in [4.69, 9.17) is 0 Å². The Morgan fingerprint density at radius 3 is 2.43 bits per heavy atom. The molecule has 1 rings (SSSR count). The van der Waals surface area contributed by atoms with E-state index < -0.39 is 5.92 Å². The molecule has 0 aromatic heterocycles. The van der Waals surface area contributed by atoms with Crippen LogP contribution in [0, 0.1) is 0 Å². The lowest BCUT2D eigenvalue weighted by atomic mass is 9.98. The summed E-state index contributed by atoms with van der Waals surface area (Å²) in [6, 6.07) is 7.43. The second-order valence-corrected chi connectivity index (χ2v) is 4.15. The second-order valence-electron chi connectivity index (χ2n) is 4.15. The van der Waals surface area contributed by atoms with Gasteiger partial charge < -0.3 is 0 Å². The largest absolute Gasteiger partial charge is 0.249 e. The van der Waals surface area contributed by atoms with E-state index in [0.29, 0.717) is 11.5 Å². The Balaban J connectivity index is 2.84. The standard InChI is InChI=1S/C12H16F2/c1-9(2)11-6-4-5-10(7-11)8-12(3,13)14/h4-7,9H,8H2,1-3H3. The van der Waals surface area contributed by atoms with Gasteiger partial charge in [-0.1, -0.05) is 38.1 Å². The third-order valence-corrected chi connectivity index (χ3v) is 2.13. The van der Waals surface area contributed by atoms with Gasteiger partial charge in [0.05, 0.1) is 0 Å². The molecule has 0 nitrogen and oxygen atoms in total. The molecule has 0 N–H and O–H groups in total. The van der Waals surface area contributed by atoms with Gasteiger partial charge in [0.25, 0.3) is 0 Å². The zero-order valence-corrected chi connectivity index (χ0v) is 8.85. The van der Waals surface area contributed by atoms with Crippen molar-refractivity contribution in [2.75, 3.05) is 0 Å². The highest BCUT2D eigenvalue weighted by Gasteiger charge is 2.21. The summed E-state index contributed by atoms with van der Waals surface area (Å²) in [7, 11) is 0. The maximum Gasteiger partial charge on any atom is 0.249 e. The molecule has 0 radical (unpaired) electrons. The molecule has 0 aliphatic rings. The van der Waals surface area contributed by atoms with Crippen molar-refractivity contribution in [2.45, 2.75) is 39.0 Å². The van der Waals surface area contributed by atoms with Crippen LogP contribution in [0.4, 0.5) is 8.78 Å². The summed E-state index contributed by atoms with van der Waals surface area (Å²) in [6.45, 7) is 5.07. The van der Waals surface area contributed by atoms with Crippen molar-refractivity contribution < 1.29 is 8.78 Å². The normalized spacial score (nSPS) is 12.1. The highest BCUT2D eigenvalue weighted by molar-refractivity contribution is 5.26. The minimum Gasteiger partial charge on any atom is -0.207 e. The summed E-state index contributed by atoms with van der Waals surface area (Å²) >= 11 is 0. The van der Waals surface area contributed by atoms with Gasteiger partial charge >= 0.3 is 0 Å². The van der Waals surface area contributed by atoms with Crippen LogP contribution in [0.5, 0.6) is 0 Å². The minimum atomic E-state index is -2.62. The predicted octanol–water partition coefficient (Wildman–Crippen LogP) is 4.01. The quantitative estimate of drug-likeness (QED) is 0.688. The van der Waals surface area contributed by atoms with Crippen molar-refractivity contribution in [3.63, 3.8) is 0 Å². The molecule has 0 amide bonds. The monoisotopic (exact) mass is 198 g/mol. The minimum absolute atomic E-state index is 0.173. The first-order valence-electron chi connectivity index (χ1n) is 4.85. The number of hydrogen-bond donors (Lipinski definition) is 0. The van der Waals surface area contributed by atoms with E-state index in [1.54, 1.807) is 6.07 Å². The fourth-order valence-corrected chi connectivity index (χ4v) is 1.42. The molecule has 0 bridgehead atoms. The Morgan fingerprint density at radius 1 is 1.29 bits per heavy atom. The molecule has 0 aliphatic heterocycles. The molecule has 0 saturated heterocycles.